The molecule has 0 fully saturated rings. The van der Waals surface area contributed by atoms with Crippen LogP contribution in [0.5, 0.6) is 5.75 Å². The van der Waals surface area contributed by atoms with Gasteiger partial charge in [0.15, 0.2) is 0 Å². The fourth-order valence-electron chi connectivity index (χ4n) is 1.01. The fraction of sp³-hybridized carbons (Fsp3) is 0.417. The summed E-state index contributed by atoms with van der Waals surface area (Å²) in [5.41, 5.74) is 1.15. The third-order valence-corrected chi connectivity index (χ3v) is 1.69. The molecular formula is C12H18N2O. The van der Waals surface area contributed by atoms with Gasteiger partial charge < -0.3 is 10.1 Å². The standard InChI is InChI=1S/C10H12N2O.C2H6/c1-13-10-4-2-9(3-5-10)8-12-7-6-11;1-2/h2-5,12H,7-8H2,1H3;1-2H3. The highest BCUT2D eigenvalue weighted by Gasteiger charge is 1.92. The molecule has 0 aliphatic heterocycles. The molecule has 1 aromatic rings. The van der Waals surface area contributed by atoms with Gasteiger partial charge in [0, 0.05) is 6.54 Å². The van der Waals surface area contributed by atoms with Gasteiger partial charge in [0.1, 0.15) is 5.75 Å². The maximum atomic E-state index is 8.29. The molecule has 0 atom stereocenters. The maximum Gasteiger partial charge on any atom is 0.118 e. The zero-order valence-electron chi connectivity index (χ0n) is 9.58. The summed E-state index contributed by atoms with van der Waals surface area (Å²) in [4.78, 5) is 0. The lowest BCUT2D eigenvalue weighted by Gasteiger charge is -2.02. The second-order valence-corrected chi connectivity index (χ2v) is 2.61. The number of hydrogen-bond donors (Lipinski definition) is 1. The number of nitrogens with zero attached hydrogens (tertiary/aromatic N) is 1. The van der Waals surface area contributed by atoms with Gasteiger partial charge in [-0.2, -0.15) is 5.26 Å². The smallest absolute Gasteiger partial charge is 0.118 e. The summed E-state index contributed by atoms with van der Waals surface area (Å²) in [7, 11) is 1.64. The van der Waals surface area contributed by atoms with E-state index in [9.17, 15) is 0 Å². The van der Waals surface area contributed by atoms with E-state index in [2.05, 4.69) is 5.32 Å². The number of rotatable bonds is 4. The fourth-order valence-corrected chi connectivity index (χ4v) is 1.01. The van der Waals surface area contributed by atoms with E-state index in [1.807, 2.05) is 44.2 Å². The Morgan fingerprint density at radius 3 is 2.33 bits per heavy atom. The van der Waals surface area contributed by atoms with Crippen molar-refractivity contribution in [1.82, 2.24) is 5.32 Å². The van der Waals surface area contributed by atoms with Crippen molar-refractivity contribution in [3.8, 4) is 11.8 Å². The molecule has 0 aliphatic rings. The van der Waals surface area contributed by atoms with Crippen molar-refractivity contribution in [2.24, 2.45) is 0 Å². The van der Waals surface area contributed by atoms with Crippen LogP contribution in [0, 0.1) is 11.3 Å². The van der Waals surface area contributed by atoms with Crippen LogP contribution in [0.25, 0.3) is 0 Å². The summed E-state index contributed by atoms with van der Waals surface area (Å²) in [6.45, 7) is 5.10. The molecule has 1 aromatic carbocycles. The number of ether oxygens (including phenoxy) is 1. The summed E-state index contributed by atoms with van der Waals surface area (Å²) in [6, 6.07) is 9.79. The van der Waals surface area contributed by atoms with Gasteiger partial charge in [-0.15, -0.1) is 0 Å². The van der Waals surface area contributed by atoms with Crippen LogP contribution in [0.15, 0.2) is 24.3 Å². The van der Waals surface area contributed by atoms with E-state index in [4.69, 9.17) is 10.00 Å². The van der Waals surface area contributed by atoms with Gasteiger partial charge >= 0.3 is 0 Å². The van der Waals surface area contributed by atoms with Crippen LogP contribution in [0.3, 0.4) is 0 Å². The monoisotopic (exact) mass is 206 g/mol. The Balaban J connectivity index is 0.000000921. The predicted octanol–water partition coefficient (Wildman–Crippen LogP) is 2.33. The summed E-state index contributed by atoms with van der Waals surface area (Å²) in [5.74, 6) is 0.851. The molecule has 0 bridgehead atoms. The average Bonchev–Trinajstić information content (AvgIpc) is 2.33. The molecule has 0 spiro atoms. The lowest BCUT2D eigenvalue weighted by atomic mass is 10.2. The molecular weight excluding hydrogens is 188 g/mol. The van der Waals surface area contributed by atoms with Crippen LogP contribution in [0.1, 0.15) is 19.4 Å². The Morgan fingerprint density at radius 1 is 1.27 bits per heavy atom. The SMILES string of the molecule is CC.COc1ccc(CNCC#N)cc1. The van der Waals surface area contributed by atoms with E-state index in [1.165, 1.54) is 0 Å². The number of hydrogen-bond acceptors (Lipinski definition) is 3. The topological polar surface area (TPSA) is 45.0 Å². The first-order valence-corrected chi connectivity index (χ1v) is 5.07. The third kappa shape index (κ3) is 5.71. The first-order valence-electron chi connectivity index (χ1n) is 5.07. The molecule has 15 heavy (non-hydrogen) atoms. The predicted molar refractivity (Wildman–Crippen MR) is 61.7 cm³/mol. The molecule has 3 heteroatoms. The van der Waals surface area contributed by atoms with Crippen LogP contribution in [-0.4, -0.2) is 13.7 Å². The van der Waals surface area contributed by atoms with Crippen molar-refractivity contribution in [2.45, 2.75) is 20.4 Å². The van der Waals surface area contributed by atoms with Crippen molar-refractivity contribution in [2.75, 3.05) is 13.7 Å². The average molecular weight is 206 g/mol. The molecule has 1 rings (SSSR count). The molecule has 1 N–H and O–H groups in total. The minimum Gasteiger partial charge on any atom is -0.497 e. The molecule has 0 saturated carbocycles. The van der Waals surface area contributed by atoms with Crippen molar-refractivity contribution in [3.05, 3.63) is 29.8 Å². The zero-order valence-corrected chi connectivity index (χ0v) is 9.58. The summed E-state index contributed by atoms with van der Waals surface area (Å²) in [6.07, 6.45) is 0. The highest BCUT2D eigenvalue weighted by molar-refractivity contribution is 5.26. The lowest BCUT2D eigenvalue weighted by molar-refractivity contribution is 0.414. The lowest BCUT2D eigenvalue weighted by Crippen LogP contribution is -2.12. The number of nitriles is 1. The Labute approximate surface area is 91.7 Å². The van der Waals surface area contributed by atoms with E-state index in [1.54, 1.807) is 7.11 Å². The quantitative estimate of drug-likeness (QED) is 0.607. The first-order chi connectivity index (χ1) is 7.36. The van der Waals surface area contributed by atoms with Gasteiger partial charge in [-0.1, -0.05) is 26.0 Å². The Bertz CT molecular complexity index is 287. The van der Waals surface area contributed by atoms with Crippen molar-refractivity contribution < 1.29 is 4.74 Å². The molecule has 0 unspecified atom stereocenters. The van der Waals surface area contributed by atoms with Gasteiger partial charge in [-0.25, -0.2) is 0 Å². The Hall–Kier alpha value is -1.53. The van der Waals surface area contributed by atoms with E-state index in [0.29, 0.717) is 6.54 Å². The Morgan fingerprint density at radius 2 is 1.87 bits per heavy atom. The van der Waals surface area contributed by atoms with Crippen LogP contribution < -0.4 is 10.1 Å². The zero-order chi connectivity index (χ0) is 11.5. The molecule has 3 nitrogen and oxygen atoms in total. The largest absolute Gasteiger partial charge is 0.497 e. The highest BCUT2D eigenvalue weighted by atomic mass is 16.5. The van der Waals surface area contributed by atoms with Crippen molar-refractivity contribution >= 4 is 0 Å². The van der Waals surface area contributed by atoms with Gasteiger partial charge in [0.2, 0.25) is 0 Å². The van der Waals surface area contributed by atoms with Gasteiger partial charge in [-0.3, -0.25) is 0 Å². The van der Waals surface area contributed by atoms with Gasteiger partial charge in [0.25, 0.3) is 0 Å². The highest BCUT2D eigenvalue weighted by Crippen LogP contribution is 2.10. The normalized spacial score (nSPS) is 8.40. The Kier molecular flexibility index (Phi) is 8.12. The molecule has 0 aromatic heterocycles. The van der Waals surface area contributed by atoms with E-state index in [0.717, 1.165) is 17.9 Å². The van der Waals surface area contributed by atoms with Gasteiger partial charge in [0.05, 0.1) is 19.7 Å². The molecule has 0 radical (unpaired) electrons. The summed E-state index contributed by atoms with van der Waals surface area (Å²) < 4.78 is 5.02. The van der Waals surface area contributed by atoms with Crippen LogP contribution in [0.2, 0.25) is 0 Å². The van der Waals surface area contributed by atoms with Crippen LogP contribution in [-0.2, 0) is 6.54 Å². The third-order valence-electron chi connectivity index (χ3n) is 1.69. The van der Waals surface area contributed by atoms with E-state index in [-0.39, 0.29) is 0 Å². The minimum atomic E-state index is 0.381. The maximum absolute atomic E-state index is 8.29. The second-order valence-electron chi connectivity index (χ2n) is 2.61. The van der Waals surface area contributed by atoms with Crippen LogP contribution in [0.4, 0.5) is 0 Å². The molecule has 0 aliphatic carbocycles. The molecule has 0 saturated heterocycles. The molecule has 0 amide bonds. The first kappa shape index (κ1) is 13.5. The second kappa shape index (κ2) is 9.04. The van der Waals surface area contributed by atoms with Crippen molar-refractivity contribution in [1.29, 1.82) is 5.26 Å². The van der Waals surface area contributed by atoms with Gasteiger partial charge in [-0.05, 0) is 17.7 Å². The van der Waals surface area contributed by atoms with Crippen molar-refractivity contribution in [3.63, 3.8) is 0 Å². The molecule has 0 heterocycles. The number of benzene rings is 1. The number of nitrogens with one attached hydrogen (secondary N) is 1. The number of methoxy groups -OCH3 is 1. The summed E-state index contributed by atoms with van der Waals surface area (Å²) >= 11 is 0. The van der Waals surface area contributed by atoms with E-state index < -0.39 is 0 Å². The summed E-state index contributed by atoms with van der Waals surface area (Å²) in [5, 5.41) is 11.3. The molecule has 82 valence electrons. The minimum absolute atomic E-state index is 0.381. The van der Waals surface area contributed by atoms with E-state index >= 15 is 0 Å². The van der Waals surface area contributed by atoms with Crippen LogP contribution >= 0.6 is 0 Å².